The lowest BCUT2D eigenvalue weighted by atomic mass is 9.91. The summed E-state index contributed by atoms with van der Waals surface area (Å²) in [6.07, 6.45) is 9.53. The van der Waals surface area contributed by atoms with Gasteiger partial charge >= 0.3 is 0 Å². The molecule has 32 heavy (non-hydrogen) atoms. The zero-order valence-electron chi connectivity index (χ0n) is 18.6. The van der Waals surface area contributed by atoms with Gasteiger partial charge < -0.3 is 9.64 Å². The lowest BCUT2D eigenvalue weighted by Gasteiger charge is -2.27. The monoisotopic (exact) mass is 449 g/mol. The molecule has 0 N–H and O–H groups in total. The summed E-state index contributed by atoms with van der Waals surface area (Å²) in [5, 5.41) is 4.45. The first kappa shape index (κ1) is 20.8. The third kappa shape index (κ3) is 4.17. The molecule has 2 aliphatic rings. The molecule has 1 fully saturated rings. The third-order valence-electron chi connectivity index (χ3n) is 5.97. The summed E-state index contributed by atoms with van der Waals surface area (Å²) in [6.45, 7) is 3.46. The Bertz CT molecular complexity index is 1320. The number of aromatic nitrogens is 2. The van der Waals surface area contributed by atoms with Crippen LogP contribution in [0.15, 0.2) is 59.9 Å². The normalized spacial score (nSPS) is 16.0. The van der Waals surface area contributed by atoms with E-state index in [1.165, 1.54) is 24.7 Å². The number of rotatable bonds is 6. The van der Waals surface area contributed by atoms with Crippen molar-refractivity contribution in [1.29, 1.82) is 0 Å². The molecular weight excluding hydrogens is 422 g/mol. The maximum absolute atomic E-state index is 12.3. The van der Waals surface area contributed by atoms with Crippen molar-refractivity contribution < 1.29 is 13.2 Å². The van der Waals surface area contributed by atoms with E-state index in [-0.39, 0.29) is 0 Å². The van der Waals surface area contributed by atoms with E-state index in [0.717, 1.165) is 40.2 Å². The van der Waals surface area contributed by atoms with Gasteiger partial charge in [0.1, 0.15) is 5.75 Å². The average molecular weight is 450 g/mol. The van der Waals surface area contributed by atoms with E-state index in [9.17, 15) is 8.42 Å². The molecule has 5 rings (SSSR count). The van der Waals surface area contributed by atoms with Crippen LogP contribution >= 0.6 is 0 Å². The molecule has 0 bridgehead atoms. The molecule has 1 saturated carbocycles. The molecular formula is C25H27N3O3S. The first-order valence-corrected chi connectivity index (χ1v) is 12.7. The van der Waals surface area contributed by atoms with Crippen molar-refractivity contribution in [1.82, 2.24) is 14.7 Å². The van der Waals surface area contributed by atoms with E-state index in [1.54, 1.807) is 18.2 Å². The molecule has 0 radical (unpaired) electrons. The van der Waals surface area contributed by atoms with Gasteiger partial charge in [-0.2, -0.15) is 5.10 Å². The van der Waals surface area contributed by atoms with Crippen molar-refractivity contribution in [3.05, 3.63) is 77.2 Å². The van der Waals surface area contributed by atoms with Gasteiger partial charge in [-0.3, -0.25) is 0 Å². The van der Waals surface area contributed by atoms with Crippen molar-refractivity contribution in [2.75, 3.05) is 19.9 Å². The molecule has 1 aliphatic heterocycles. The molecule has 6 nitrogen and oxygen atoms in total. The van der Waals surface area contributed by atoms with Crippen molar-refractivity contribution in [2.45, 2.75) is 31.2 Å². The van der Waals surface area contributed by atoms with E-state index < -0.39 is 9.84 Å². The Morgan fingerprint density at radius 1 is 1.12 bits per heavy atom. The molecule has 2 aromatic carbocycles. The third-order valence-corrected chi connectivity index (χ3v) is 7.08. The minimum Gasteiger partial charge on any atom is -0.493 e. The lowest BCUT2D eigenvalue weighted by Crippen LogP contribution is -2.18. The van der Waals surface area contributed by atoms with Crippen LogP contribution < -0.4 is 4.74 Å². The largest absolute Gasteiger partial charge is 0.493 e. The predicted molar refractivity (Wildman–Crippen MR) is 125 cm³/mol. The molecule has 0 spiro atoms. The van der Waals surface area contributed by atoms with Crippen molar-refractivity contribution in [3.63, 3.8) is 0 Å². The van der Waals surface area contributed by atoms with Crippen LogP contribution in [0.5, 0.6) is 5.75 Å². The molecule has 0 saturated heterocycles. The summed E-state index contributed by atoms with van der Waals surface area (Å²) in [7, 11) is -1.32. The molecule has 3 aromatic rings. The van der Waals surface area contributed by atoms with E-state index >= 15 is 0 Å². The highest BCUT2D eigenvalue weighted by Crippen LogP contribution is 2.39. The summed E-state index contributed by atoms with van der Waals surface area (Å²) in [5.41, 5.74) is 6.05. The Morgan fingerprint density at radius 3 is 2.62 bits per heavy atom. The average Bonchev–Trinajstić information content (AvgIpc) is 3.49. The second kappa shape index (κ2) is 7.81. The van der Waals surface area contributed by atoms with Gasteiger partial charge in [0.15, 0.2) is 9.84 Å². The fourth-order valence-corrected chi connectivity index (χ4v) is 4.68. The van der Waals surface area contributed by atoms with Gasteiger partial charge in [0, 0.05) is 43.4 Å². The van der Waals surface area contributed by atoms with Crippen LogP contribution in [0.4, 0.5) is 0 Å². The Morgan fingerprint density at radius 2 is 1.94 bits per heavy atom. The highest BCUT2D eigenvalue weighted by atomic mass is 32.2. The quantitative estimate of drug-likeness (QED) is 0.564. The Hall–Kier alpha value is -3.06. The summed E-state index contributed by atoms with van der Waals surface area (Å²) >= 11 is 0. The number of hydrogen-bond donors (Lipinski definition) is 0. The maximum Gasteiger partial charge on any atom is 0.175 e. The topological polar surface area (TPSA) is 64.4 Å². The van der Waals surface area contributed by atoms with E-state index in [1.807, 2.05) is 31.0 Å². The van der Waals surface area contributed by atoms with Gasteiger partial charge in [0.05, 0.1) is 23.4 Å². The Balaban J connectivity index is 1.64. The highest BCUT2D eigenvalue weighted by Gasteiger charge is 2.25. The molecule has 0 atom stereocenters. The second-order valence-electron chi connectivity index (χ2n) is 8.95. The lowest BCUT2D eigenvalue weighted by molar-refractivity contribution is 0.298. The second-order valence-corrected chi connectivity index (χ2v) is 11.0. The minimum atomic E-state index is -3.35. The van der Waals surface area contributed by atoms with Crippen LogP contribution in [0.1, 0.15) is 35.1 Å². The summed E-state index contributed by atoms with van der Waals surface area (Å²) in [4.78, 5) is 2.41. The number of fused-ring (bicyclic) bond motifs is 1. The standard InChI is InChI=1S/C25H27N3O3S/c1-17-12-26-28(13-17)20-7-6-19-14-27(2)15-24(22(19)10-20)23-11-21(32(3,29)30)8-9-25(23)31-16-18-4-5-18/h6-13,15,18H,4-5,14,16H2,1-3H3. The van der Waals surface area contributed by atoms with Gasteiger partial charge in [0.2, 0.25) is 0 Å². The van der Waals surface area contributed by atoms with Gasteiger partial charge in [-0.15, -0.1) is 0 Å². The smallest absolute Gasteiger partial charge is 0.175 e. The first-order chi connectivity index (χ1) is 15.3. The summed E-state index contributed by atoms with van der Waals surface area (Å²) in [6, 6.07) is 11.5. The highest BCUT2D eigenvalue weighted by molar-refractivity contribution is 7.90. The molecule has 0 unspecified atom stereocenters. The predicted octanol–water partition coefficient (Wildman–Crippen LogP) is 4.21. The molecule has 1 aromatic heterocycles. The molecule has 1 aliphatic carbocycles. The van der Waals surface area contributed by atoms with E-state index in [4.69, 9.17) is 4.74 Å². The number of aryl methyl sites for hydroxylation is 1. The fourth-order valence-electron chi connectivity index (χ4n) is 4.04. The van der Waals surface area contributed by atoms with Gasteiger partial charge in [0.25, 0.3) is 0 Å². The zero-order chi connectivity index (χ0) is 22.5. The van der Waals surface area contributed by atoms with Crippen molar-refractivity contribution in [2.24, 2.45) is 5.92 Å². The summed E-state index contributed by atoms with van der Waals surface area (Å²) < 4.78 is 32.7. The van der Waals surface area contributed by atoms with E-state index in [2.05, 4.69) is 34.4 Å². The van der Waals surface area contributed by atoms with Crippen LogP contribution in [0.2, 0.25) is 0 Å². The maximum atomic E-state index is 12.3. The SMILES string of the molecule is Cc1cnn(-c2ccc3c(c2)C(c2cc(S(C)(=O)=O)ccc2OCC2CC2)=CN(C)C3)c1. The molecule has 166 valence electrons. The molecule has 2 heterocycles. The fraction of sp³-hybridized carbons (Fsp3) is 0.320. The first-order valence-electron chi connectivity index (χ1n) is 10.8. The van der Waals surface area contributed by atoms with E-state index in [0.29, 0.717) is 17.4 Å². The minimum absolute atomic E-state index is 0.292. The molecule has 7 heteroatoms. The van der Waals surface area contributed by atoms with Gasteiger partial charge in [-0.25, -0.2) is 13.1 Å². The Labute approximate surface area is 189 Å². The van der Waals surface area contributed by atoms with Gasteiger partial charge in [-0.1, -0.05) is 6.07 Å². The number of sulfone groups is 1. The zero-order valence-corrected chi connectivity index (χ0v) is 19.4. The van der Waals surface area contributed by atoms with Crippen LogP contribution in [0.3, 0.4) is 0 Å². The van der Waals surface area contributed by atoms with Crippen LogP contribution in [-0.4, -0.2) is 43.0 Å². The number of nitrogens with zero attached hydrogens (tertiary/aromatic N) is 3. The van der Waals surface area contributed by atoms with Gasteiger partial charge in [-0.05, 0) is 72.7 Å². The molecule has 0 amide bonds. The number of benzene rings is 2. The summed E-state index contributed by atoms with van der Waals surface area (Å²) in [5.74, 6) is 1.32. The number of hydrogen-bond acceptors (Lipinski definition) is 5. The van der Waals surface area contributed by atoms with Crippen LogP contribution in [-0.2, 0) is 16.4 Å². The van der Waals surface area contributed by atoms with Crippen LogP contribution in [0.25, 0.3) is 11.3 Å². The number of ether oxygens (including phenoxy) is 1. The van der Waals surface area contributed by atoms with Crippen LogP contribution in [0, 0.1) is 12.8 Å². The van der Waals surface area contributed by atoms with Crippen molar-refractivity contribution in [3.8, 4) is 11.4 Å². The van der Waals surface area contributed by atoms with Crippen molar-refractivity contribution >= 4 is 15.4 Å². The Kier molecular flexibility index (Phi) is 5.08.